The van der Waals surface area contributed by atoms with Gasteiger partial charge in [-0.3, -0.25) is 4.79 Å². The first-order valence-corrected chi connectivity index (χ1v) is 8.07. The number of aliphatic hydroxyl groups is 1. The summed E-state index contributed by atoms with van der Waals surface area (Å²) in [6.07, 6.45) is 1.89. The zero-order chi connectivity index (χ0) is 15.9. The molecule has 0 saturated heterocycles. The number of aliphatic hydroxyl groups excluding tert-OH is 1. The quantitative estimate of drug-likeness (QED) is 0.824. The second kappa shape index (κ2) is 8.00. The molecule has 1 aromatic carbocycles. The third-order valence-electron chi connectivity index (χ3n) is 3.20. The molecule has 0 aliphatic heterocycles. The van der Waals surface area contributed by atoms with Gasteiger partial charge in [-0.15, -0.1) is 11.3 Å². The Kier molecular flexibility index (Phi) is 6.03. The third kappa shape index (κ3) is 4.89. The van der Waals surface area contributed by atoms with Crippen LogP contribution in [0.4, 0.5) is 4.39 Å². The van der Waals surface area contributed by atoms with Crippen molar-refractivity contribution in [3.8, 4) is 0 Å². The van der Waals surface area contributed by atoms with Crippen molar-refractivity contribution in [1.82, 2.24) is 10.3 Å². The number of nitrogens with one attached hydrogen (secondary N) is 1. The zero-order valence-corrected chi connectivity index (χ0v) is 13.2. The van der Waals surface area contributed by atoms with Crippen LogP contribution in [0, 0.1) is 5.82 Å². The topological polar surface area (TPSA) is 62.2 Å². The van der Waals surface area contributed by atoms with Crippen molar-refractivity contribution in [2.45, 2.75) is 32.2 Å². The van der Waals surface area contributed by atoms with E-state index in [9.17, 15) is 9.18 Å². The molecule has 0 aliphatic rings. The average molecular weight is 322 g/mol. The van der Waals surface area contributed by atoms with Gasteiger partial charge in [0.15, 0.2) is 0 Å². The molecule has 1 heterocycles. The van der Waals surface area contributed by atoms with Crippen LogP contribution < -0.4 is 5.32 Å². The van der Waals surface area contributed by atoms with Crippen LogP contribution in [0.25, 0.3) is 0 Å². The first-order valence-electron chi connectivity index (χ1n) is 7.19. The number of nitrogens with zero attached hydrogens (tertiary/aromatic N) is 1. The molecule has 0 radical (unpaired) electrons. The Bertz CT molecular complexity index is 630. The SMILES string of the molecule is CC(CCCO)NC(=O)c1csc(Cc2cccc(F)c2)n1. The number of amides is 1. The molecule has 2 rings (SSSR count). The summed E-state index contributed by atoms with van der Waals surface area (Å²) in [5.74, 6) is -0.489. The van der Waals surface area contributed by atoms with E-state index in [0.29, 0.717) is 18.5 Å². The van der Waals surface area contributed by atoms with Crippen molar-refractivity contribution in [2.75, 3.05) is 6.61 Å². The summed E-state index contributed by atoms with van der Waals surface area (Å²) >= 11 is 1.39. The summed E-state index contributed by atoms with van der Waals surface area (Å²) in [5.41, 5.74) is 1.21. The first kappa shape index (κ1) is 16.6. The van der Waals surface area contributed by atoms with Crippen LogP contribution in [0.5, 0.6) is 0 Å². The predicted molar refractivity (Wildman–Crippen MR) is 84.6 cm³/mol. The highest BCUT2D eigenvalue weighted by molar-refractivity contribution is 7.09. The van der Waals surface area contributed by atoms with Crippen molar-refractivity contribution in [1.29, 1.82) is 0 Å². The van der Waals surface area contributed by atoms with E-state index in [4.69, 9.17) is 5.11 Å². The number of benzene rings is 1. The molecule has 0 saturated carbocycles. The number of aromatic nitrogens is 1. The van der Waals surface area contributed by atoms with Gasteiger partial charge >= 0.3 is 0 Å². The third-order valence-corrected chi connectivity index (χ3v) is 4.05. The average Bonchev–Trinajstić information content (AvgIpc) is 2.93. The molecule has 1 unspecified atom stereocenters. The first-order chi connectivity index (χ1) is 10.6. The van der Waals surface area contributed by atoms with Gasteiger partial charge in [0.05, 0.1) is 5.01 Å². The van der Waals surface area contributed by atoms with Crippen molar-refractivity contribution in [3.05, 3.63) is 51.7 Å². The number of halogens is 1. The molecule has 0 spiro atoms. The van der Waals surface area contributed by atoms with Gasteiger partial charge in [0.1, 0.15) is 11.5 Å². The Balaban J connectivity index is 1.94. The normalized spacial score (nSPS) is 12.1. The molecular formula is C16H19FN2O2S. The molecule has 118 valence electrons. The van der Waals surface area contributed by atoms with Gasteiger partial charge in [-0.25, -0.2) is 9.37 Å². The lowest BCUT2D eigenvalue weighted by Gasteiger charge is -2.11. The lowest BCUT2D eigenvalue weighted by Crippen LogP contribution is -2.32. The van der Waals surface area contributed by atoms with E-state index >= 15 is 0 Å². The fourth-order valence-corrected chi connectivity index (χ4v) is 2.89. The van der Waals surface area contributed by atoms with Gasteiger partial charge in [-0.05, 0) is 37.5 Å². The van der Waals surface area contributed by atoms with Crippen LogP contribution in [0.15, 0.2) is 29.6 Å². The van der Waals surface area contributed by atoms with Crippen molar-refractivity contribution < 1.29 is 14.3 Å². The summed E-state index contributed by atoms with van der Waals surface area (Å²) in [6.45, 7) is 2.02. The van der Waals surface area contributed by atoms with Crippen LogP contribution in [0.1, 0.15) is 40.8 Å². The number of carbonyl (C=O) groups is 1. The molecule has 6 heteroatoms. The Morgan fingerprint density at radius 3 is 3.05 bits per heavy atom. The smallest absolute Gasteiger partial charge is 0.270 e. The predicted octanol–water partition coefficient (Wildman–Crippen LogP) is 2.76. The summed E-state index contributed by atoms with van der Waals surface area (Å²) in [4.78, 5) is 16.4. The summed E-state index contributed by atoms with van der Waals surface area (Å²) in [5, 5.41) is 14.1. The number of hydrogen-bond acceptors (Lipinski definition) is 4. The van der Waals surface area contributed by atoms with Crippen LogP contribution in [-0.2, 0) is 6.42 Å². The monoisotopic (exact) mass is 322 g/mol. The van der Waals surface area contributed by atoms with Crippen LogP contribution in [0.2, 0.25) is 0 Å². The molecular weight excluding hydrogens is 303 g/mol. The maximum Gasteiger partial charge on any atom is 0.270 e. The minimum atomic E-state index is -0.273. The zero-order valence-electron chi connectivity index (χ0n) is 12.4. The van der Waals surface area contributed by atoms with E-state index in [1.165, 1.54) is 23.5 Å². The molecule has 1 aromatic heterocycles. The second-order valence-electron chi connectivity index (χ2n) is 5.17. The Labute approximate surface area is 133 Å². The van der Waals surface area contributed by atoms with Crippen molar-refractivity contribution in [2.24, 2.45) is 0 Å². The van der Waals surface area contributed by atoms with E-state index in [1.807, 2.05) is 13.0 Å². The van der Waals surface area contributed by atoms with E-state index in [2.05, 4.69) is 10.3 Å². The van der Waals surface area contributed by atoms with E-state index < -0.39 is 0 Å². The van der Waals surface area contributed by atoms with Crippen molar-refractivity contribution in [3.63, 3.8) is 0 Å². The second-order valence-corrected chi connectivity index (χ2v) is 6.12. The molecule has 0 aliphatic carbocycles. The van der Waals surface area contributed by atoms with Gasteiger partial charge in [-0.1, -0.05) is 12.1 Å². The fraction of sp³-hybridized carbons (Fsp3) is 0.375. The summed E-state index contributed by atoms with van der Waals surface area (Å²) < 4.78 is 13.1. The number of hydrogen-bond donors (Lipinski definition) is 2. The van der Waals surface area contributed by atoms with Crippen molar-refractivity contribution >= 4 is 17.2 Å². The van der Waals surface area contributed by atoms with E-state index in [-0.39, 0.29) is 24.4 Å². The van der Waals surface area contributed by atoms with Gasteiger partial charge in [-0.2, -0.15) is 0 Å². The molecule has 2 N–H and O–H groups in total. The molecule has 22 heavy (non-hydrogen) atoms. The lowest BCUT2D eigenvalue weighted by molar-refractivity contribution is 0.0932. The van der Waals surface area contributed by atoms with Crippen LogP contribution >= 0.6 is 11.3 Å². The molecule has 2 aromatic rings. The standard InChI is InChI=1S/C16H19FN2O2S/c1-11(4-3-7-20)18-16(21)14-10-22-15(19-14)9-12-5-2-6-13(17)8-12/h2,5-6,8,10-11,20H,3-4,7,9H2,1H3,(H,18,21). The molecule has 4 nitrogen and oxygen atoms in total. The lowest BCUT2D eigenvalue weighted by atomic mass is 10.1. The molecule has 0 bridgehead atoms. The minimum absolute atomic E-state index is 0.00646. The number of rotatable bonds is 7. The van der Waals surface area contributed by atoms with E-state index in [1.54, 1.807) is 11.4 Å². The highest BCUT2D eigenvalue weighted by atomic mass is 32.1. The maximum atomic E-state index is 13.1. The minimum Gasteiger partial charge on any atom is -0.396 e. The summed E-state index contributed by atoms with van der Waals surface area (Å²) in [6, 6.07) is 6.36. The largest absolute Gasteiger partial charge is 0.396 e. The Morgan fingerprint density at radius 1 is 1.50 bits per heavy atom. The van der Waals surface area contributed by atoms with Crippen LogP contribution in [-0.4, -0.2) is 28.6 Å². The highest BCUT2D eigenvalue weighted by Gasteiger charge is 2.13. The highest BCUT2D eigenvalue weighted by Crippen LogP contribution is 2.16. The van der Waals surface area contributed by atoms with E-state index in [0.717, 1.165) is 17.0 Å². The van der Waals surface area contributed by atoms with Gasteiger partial charge < -0.3 is 10.4 Å². The maximum absolute atomic E-state index is 13.1. The van der Waals surface area contributed by atoms with Gasteiger partial charge in [0.25, 0.3) is 5.91 Å². The van der Waals surface area contributed by atoms with Gasteiger partial charge in [0.2, 0.25) is 0 Å². The van der Waals surface area contributed by atoms with Crippen LogP contribution in [0.3, 0.4) is 0 Å². The fourth-order valence-electron chi connectivity index (χ4n) is 2.09. The number of thiazole rings is 1. The molecule has 1 atom stereocenters. The Hall–Kier alpha value is -1.79. The molecule has 0 fully saturated rings. The summed E-state index contributed by atoms with van der Waals surface area (Å²) in [7, 11) is 0. The molecule has 1 amide bonds. The van der Waals surface area contributed by atoms with Gasteiger partial charge in [0, 0.05) is 24.4 Å². The number of carbonyl (C=O) groups excluding carboxylic acids is 1. The Morgan fingerprint density at radius 2 is 2.32 bits per heavy atom.